The highest BCUT2D eigenvalue weighted by molar-refractivity contribution is 5.89. The molecule has 0 bridgehead atoms. The smallest absolute Gasteiger partial charge is 0.407 e. The first-order chi connectivity index (χ1) is 30.4. The first-order valence-corrected chi connectivity index (χ1v) is 21.3. The Labute approximate surface area is 358 Å². The second-order valence-corrected chi connectivity index (χ2v) is 16.1. The largest absolute Gasteiger partial charge is 0.453 e. The summed E-state index contributed by atoms with van der Waals surface area (Å²) in [5, 5.41) is 6.50. The monoisotopic (exact) mass is 835 g/mol. The standard InChI is InChI=1S/C47H49N9O6/c1-61-47(60)54-42(31-7-3-2-4-8-31)46(59)56-20-6-10-40(56)43-49-26-37(52-43)30-13-11-29(12-14-30)33-15-16-34-23-35(25-48-36(34)24-33)38-27-50-44(53-38)39-9-5-19-55(39)45(58)41(51-28-57)32-17-21-62-22-18-32/h2-4,7-8,11-16,23-28,32,39-42H,5-6,9-10,17-22H2,1H3,(H,49,52)(H,50,53)(H,51,57)(H,54,60)/t39-,40-,41-,42+/m0/s1. The number of carbonyl (C=O) groups excluding carboxylic acids is 4. The molecule has 3 fully saturated rings. The number of fused-ring (bicyclic) bond motifs is 1. The number of ether oxygens (including phenoxy) is 2. The normalized spacial score (nSPS) is 19.0. The Balaban J connectivity index is 0.868. The molecule has 15 nitrogen and oxygen atoms in total. The van der Waals surface area contributed by atoms with Gasteiger partial charge >= 0.3 is 6.09 Å². The minimum atomic E-state index is -0.883. The molecule has 62 heavy (non-hydrogen) atoms. The zero-order valence-electron chi connectivity index (χ0n) is 34.5. The third-order valence-corrected chi connectivity index (χ3v) is 12.5. The maximum absolute atomic E-state index is 13.9. The predicted octanol–water partition coefficient (Wildman–Crippen LogP) is 6.65. The molecule has 3 aliphatic rings. The molecule has 3 saturated heterocycles. The number of hydrogen-bond acceptors (Lipinski definition) is 9. The van der Waals surface area contributed by atoms with Crippen molar-refractivity contribution >= 4 is 35.2 Å². The van der Waals surface area contributed by atoms with Crippen molar-refractivity contribution in [3.05, 3.63) is 115 Å². The molecule has 3 aliphatic heterocycles. The van der Waals surface area contributed by atoms with Gasteiger partial charge in [0.25, 0.3) is 5.91 Å². The molecule has 0 aliphatic carbocycles. The van der Waals surface area contributed by atoms with Crippen LogP contribution in [0.5, 0.6) is 0 Å². The maximum Gasteiger partial charge on any atom is 0.407 e. The number of methoxy groups -OCH3 is 1. The van der Waals surface area contributed by atoms with Gasteiger partial charge in [0.15, 0.2) is 0 Å². The van der Waals surface area contributed by atoms with Crippen LogP contribution < -0.4 is 10.6 Å². The summed E-state index contributed by atoms with van der Waals surface area (Å²) in [5.74, 6) is 1.19. The van der Waals surface area contributed by atoms with Gasteiger partial charge in [-0.3, -0.25) is 19.4 Å². The quantitative estimate of drug-likeness (QED) is 0.0980. The maximum atomic E-state index is 13.9. The molecule has 15 heteroatoms. The van der Waals surface area contributed by atoms with Gasteiger partial charge in [-0.05, 0) is 78.8 Å². The van der Waals surface area contributed by atoms with E-state index in [1.54, 1.807) is 17.3 Å². The van der Waals surface area contributed by atoms with Crippen molar-refractivity contribution in [2.24, 2.45) is 5.92 Å². The molecule has 6 aromatic rings. The fourth-order valence-electron chi connectivity index (χ4n) is 9.21. The van der Waals surface area contributed by atoms with E-state index >= 15 is 0 Å². The van der Waals surface area contributed by atoms with E-state index in [-0.39, 0.29) is 29.8 Å². The number of pyridine rings is 1. The summed E-state index contributed by atoms with van der Waals surface area (Å²) in [7, 11) is 1.28. The number of aromatic amines is 2. The third kappa shape index (κ3) is 8.27. The van der Waals surface area contributed by atoms with E-state index in [2.05, 4.69) is 69.1 Å². The SMILES string of the molecule is COC(=O)N[C@@H](C(=O)N1CCC[C@H]1c1ncc(-c2ccc(-c3ccc4cc(-c5cnc([C@@H]6CCCN6C(=O)[C@@H](NC=O)C6CCOCC6)[nH]5)cnc4c3)cc2)[nH]1)c1ccccc1. The van der Waals surface area contributed by atoms with Crippen LogP contribution in [0.2, 0.25) is 0 Å². The molecule has 6 heterocycles. The van der Waals surface area contributed by atoms with Crippen molar-refractivity contribution in [3.8, 4) is 33.6 Å². The Bertz CT molecular complexity index is 2550. The van der Waals surface area contributed by atoms with E-state index in [4.69, 9.17) is 24.4 Å². The summed E-state index contributed by atoms with van der Waals surface area (Å²) in [5.41, 5.74) is 7.12. The predicted molar refractivity (Wildman–Crippen MR) is 231 cm³/mol. The second kappa shape index (κ2) is 18.0. The van der Waals surface area contributed by atoms with Crippen LogP contribution >= 0.6 is 0 Å². The highest BCUT2D eigenvalue weighted by Crippen LogP contribution is 2.36. The van der Waals surface area contributed by atoms with Gasteiger partial charge in [0.1, 0.15) is 23.7 Å². The van der Waals surface area contributed by atoms with Crippen molar-refractivity contribution in [2.45, 2.75) is 62.7 Å². The van der Waals surface area contributed by atoms with E-state index in [9.17, 15) is 19.2 Å². The van der Waals surface area contributed by atoms with Crippen LogP contribution in [0.15, 0.2) is 97.5 Å². The summed E-state index contributed by atoms with van der Waals surface area (Å²) in [6.07, 6.45) is 10.1. The highest BCUT2D eigenvalue weighted by atomic mass is 16.5. The average molecular weight is 836 g/mol. The molecule has 4 amide bonds. The van der Waals surface area contributed by atoms with Crippen molar-refractivity contribution < 1.29 is 28.7 Å². The number of nitrogens with one attached hydrogen (secondary N) is 4. The molecule has 4 atom stereocenters. The topological polar surface area (TPSA) is 188 Å². The van der Waals surface area contributed by atoms with Gasteiger partial charge in [-0.2, -0.15) is 0 Å². The molecule has 318 valence electrons. The van der Waals surface area contributed by atoms with Crippen molar-refractivity contribution in [1.29, 1.82) is 0 Å². The molecule has 3 aromatic heterocycles. The van der Waals surface area contributed by atoms with E-state index in [1.165, 1.54) is 7.11 Å². The minimum absolute atomic E-state index is 0.0456. The number of hydrogen-bond donors (Lipinski definition) is 4. The van der Waals surface area contributed by atoms with Crippen LogP contribution in [-0.2, 0) is 23.9 Å². The van der Waals surface area contributed by atoms with Crippen LogP contribution in [-0.4, -0.2) is 98.5 Å². The van der Waals surface area contributed by atoms with E-state index < -0.39 is 18.2 Å². The fraction of sp³-hybridized carbons (Fsp3) is 0.340. The van der Waals surface area contributed by atoms with Gasteiger partial charge < -0.3 is 39.9 Å². The Hall–Kier alpha value is -6.87. The lowest BCUT2D eigenvalue weighted by Gasteiger charge is -2.33. The summed E-state index contributed by atoms with van der Waals surface area (Å²) < 4.78 is 10.3. The molecule has 3 aromatic carbocycles. The third-order valence-electron chi connectivity index (χ3n) is 12.5. The Morgan fingerprint density at radius 2 is 1.37 bits per heavy atom. The number of H-pyrrole nitrogens is 2. The van der Waals surface area contributed by atoms with Gasteiger partial charge in [0, 0.05) is 43.4 Å². The summed E-state index contributed by atoms with van der Waals surface area (Å²) in [6, 6.07) is 23.8. The van der Waals surface area contributed by atoms with Gasteiger partial charge in [-0.25, -0.2) is 14.8 Å². The van der Waals surface area contributed by atoms with Crippen molar-refractivity contribution in [3.63, 3.8) is 0 Å². The molecule has 0 saturated carbocycles. The molecule has 0 spiro atoms. The molecular formula is C47H49N9O6. The Morgan fingerprint density at radius 3 is 2.03 bits per heavy atom. The van der Waals surface area contributed by atoms with Gasteiger partial charge in [0.2, 0.25) is 12.3 Å². The molecule has 4 N–H and O–H groups in total. The number of rotatable bonds is 12. The number of nitrogens with zero attached hydrogens (tertiary/aromatic N) is 5. The van der Waals surface area contributed by atoms with Crippen LogP contribution in [0.4, 0.5) is 4.79 Å². The summed E-state index contributed by atoms with van der Waals surface area (Å²) >= 11 is 0. The number of alkyl carbamates (subject to hydrolysis) is 1. The second-order valence-electron chi connectivity index (χ2n) is 16.1. The summed E-state index contributed by atoms with van der Waals surface area (Å²) in [6.45, 7) is 2.35. The number of imidazole rings is 2. The van der Waals surface area contributed by atoms with Crippen LogP contribution in [0.1, 0.15) is 73.9 Å². The number of benzene rings is 3. The van der Waals surface area contributed by atoms with Crippen LogP contribution in [0.3, 0.4) is 0 Å². The van der Waals surface area contributed by atoms with Gasteiger partial charge in [-0.1, -0.05) is 66.7 Å². The van der Waals surface area contributed by atoms with E-state index in [0.29, 0.717) is 44.1 Å². The van der Waals surface area contributed by atoms with Gasteiger partial charge in [-0.15, -0.1) is 0 Å². The highest BCUT2D eigenvalue weighted by Gasteiger charge is 2.40. The number of likely N-dealkylation sites (tertiary alicyclic amines) is 2. The zero-order valence-corrected chi connectivity index (χ0v) is 34.5. The minimum Gasteiger partial charge on any atom is -0.453 e. The first-order valence-electron chi connectivity index (χ1n) is 21.3. The van der Waals surface area contributed by atoms with Crippen molar-refractivity contribution in [1.82, 2.24) is 45.4 Å². The molecule has 9 rings (SSSR count). The Morgan fingerprint density at radius 1 is 0.742 bits per heavy atom. The zero-order chi connectivity index (χ0) is 42.6. The molecular weight excluding hydrogens is 787 g/mol. The average Bonchev–Trinajstić information content (AvgIpc) is 4.17. The van der Waals surface area contributed by atoms with E-state index in [0.717, 1.165) is 88.9 Å². The lowest BCUT2D eigenvalue weighted by atomic mass is 9.90. The lowest BCUT2D eigenvalue weighted by Crippen LogP contribution is -2.51. The van der Waals surface area contributed by atoms with Crippen LogP contribution in [0, 0.1) is 5.92 Å². The lowest BCUT2D eigenvalue weighted by molar-refractivity contribution is -0.138. The summed E-state index contributed by atoms with van der Waals surface area (Å²) in [4.78, 5) is 76.3. The molecule has 0 unspecified atom stereocenters. The Kier molecular flexibility index (Phi) is 11.8. The number of aromatic nitrogens is 5. The van der Waals surface area contributed by atoms with E-state index in [1.807, 2.05) is 41.4 Å². The van der Waals surface area contributed by atoms with Crippen molar-refractivity contribution in [2.75, 3.05) is 33.4 Å². The number of amides is 4. The molecule has 0 radical (unpaired) electrons. The fourth-order valence-corrected chi connectivity index (χ4v) is 9.21. The first kappa shape index (κ1) is 40.5. The van der Waals surface area contributed by atoms with Gasteiger partial charge in [0.05, 0.1) is 48.5 Å². The number of carbonyl (C=O) groups is 4. The van der Waals surface area contributed by atoms with Crippen LogP contribution in [0.25, 0.3) is 44.5 Å².